The molecule has 37 heavy (non-hydrogen) atoms. The summed E-state index contributed by atoms with van der Waals surface area (Å²) in [5, 5.41) is 14.1. The molecular formula is C25H34N4O7S. The second-order valence-electron chi connectivity index (χ2n) is 8.98. The monoisotopic (exact) mass is 534 g/mol. The number of carbonyl (C=O) groups is 2. The molecule has 2 aromatic carbocycles. The summed E-state index contributed by atoms with van der Waals surface area (Å²) < 4.78 is 31.4. The second-order valence-corrected chi connectivity index (χ2v) is 10.9. The highest BCUT2D eigenvalue weighted by Crippen LogP contribution is 2.24. The minimum atomic E-state index is -4.00. The van der Waals surface area contributed by atoms with E-state index >= 15 is 0 Å². The molecule has 0 aliphatic carbocycles. The van der Waals surface area contributed by atoms with E-state index in [4.69, 9.17) is 4.74 Å². The second kappa shape index (κ2) is 13.0. The van der Waals surface area contributed by atoms with Crippen LogP contribution in [0.5, 0.6) is 5.75 Å². The van der Waals surface area contributed by atoms with E-state index in [1.54, 1.807) is 31.2 Å². The number of hydrogen-bond acceptors (Lipinski definition) is 7. The van der Waals surface area contributed by atoms with Crippen LogP contribution in [0.4, 0.5) is 11.4 Å². The zero-order valence-electron chi connectivity index (χ0n) is 21.7. The number of amides is 2. The fourth-order valence-corrected chi connectivity index (χ4v) is 4.53. The molecule has 0 radical (unpaired) electrons. The molecule has 202 valence electrons. The Morgan fingerprint density at radius 2 is 1.81 bits per heavy atom. The van der Waals surface area contributed by atoms with Crippen molar-refractivity contribution in [2.45, 2.75) is 39.8 Å². The van der Waals surface area contributed by atoms with Crippen LogP contribution in [0.1, 0.15) is 32.8 Å². The zero-order valence-corrected chi connectivity index (χ0v) is 22.5. The predicted octanol–water partition coefficient (Wildman–Crippen LogP) is 2.95. The lowest BCUT2D eigenvalue weighted by atomic mass is 10.1. The van der Waals surface area contributed by atoms with E-state index < -0.39 is 33.4 Å². The molecule has 1 atom stereocenters. The molecule has 0 unspecified atom stereocenters. The van der Waals surface area contributed by atoms with Gasteiger partial charge in [0.1, 0.15) is 18.3 Å². The normalized spacial score (nSPS) is 12.1. The molecule has 0 saturated heterocycles. The number of benzene rings is 2. The summed E-state index contributed by atoms with van der Waals surface area (Å²) in [6, 6.07) is 11.2. The number of non-ortho nitro benzene ring substituents is 1. The minimum Gasteiger partial charge on any atom is -0.497 e. The number of rotatable bonds is 13. The van der Waals surface area contributed by atoms with Crippen LogP contribution in [-0.2, 0) is 26.2 Å². The number of nitro benzene ring substituents is 1. The van der Waals surface area contributed by atoms with E-state index in [1.165, 1.54) is 30.2 Å². The Labute approximate surface area is 217 Å². The van der Waals surface area contributed by atoms with E-state index in [2.05, 4.69) is 5.32 Å². The number of ether oxygens (including phenoxy) is 1. The summed E-state index contributed by atoms with van der Waals surface area (Å²) in [6.07, 6.45) is 1.20. The molecule has 1 N–H and O–H groups in total. The van der Waals surface area contributed by atoms with E-state index in [0.717, 1.165) is 16.6 Å². The number of anilines is 1. The molecule has 0 aromatic heterocycles. The number of hydrogen-bond donors (Lipinski definition) is 1. The van der Waals surface area contributed by atoms with Gasteiger partial charge in [-0.1, -0.05) is 39.0 Å². The van der Waals surface area contributed by atoms with Gasteiger partial charge in [-0.25, -0.2) is 8.42 Å². The Balaban J connectivity index is 2.47. The van der Waals surface area contributed by atoms with Gasteiger partial charge in [0.25, 0.3) is 5.69 Å². The Morgan fingerprint density at radius 3 is 2.38 bits per heavy atom. The van der Waals surface area contributed by atoms with Crippen LogP contribution in [0.2, 0.25) is 0 Å². The van der Waals surface area contributed by atoms with Crippen molar-refractivity contribution in [3.63, 3.8) is 0 Å². The van der Waals surface area contributed by atoms with Crippen molar-refractivity contribution in [1.29, 1.82) is 0 Å². The van der Waals surface area contributed by atoms with Gasteiger partial charge in [0.05, 0.1) is 24.0 Å². The number of nitrogens with one attached hydrogen (secondary N) is 1. The fourth-order valence-electron chi connectivity index (χ4n) is 3.68. The molecule has 0 saturated carbocycles. The SMILES string of the molecule is CC[C@@H](C(=O)NCC(C)C)N(Cc1cccc(OC)c1)C(=O)CN(c1cccc([N+](=O)[O-])c1)S(C)(=O)=O. The number of methoxy groups -OCH3 is 1. The number of carbonyl (C=O) groups excluding carboxylic acids is 2. The predicted molar refractivity (Wildman–Crippen MR) is 141 cm³/mol. The molecule has 0 fully saturated rings. The van der Waals surface area contributed by atoms with Crippen molar-refractivity contribution in [3.05, 3.63) is 64.2 Å². The number of nitrogens with zero attached hydrogens (tertiary/aromatic N) is 3. The lowest BCUT2D eigenvalue weighted by molar-refractivity contribution is -0.384. The summed E-state index contributed by atoms with van der Waals surface area (Å²) in [4.78, 5) is 38.7. The van der Waals surface area contributed by atoms with Crippen LogP contribution in [0.15, 0.2) is 48.5 Å². The summed E-state index contributed by atoms with van der Waals surface area (Å²) in [5.41, 5.74) is 0.346. The van der Waals surface area contributed by atoms with Gasteiger partial charge in [-0.05, 0) is 36.1 Å². The summed E-state index contributed by atoms with van der Waals surface area (Å²) >= 11 is 0. The standard InChI is InChI=1S/C25H34N4O7S/c1-6-23(25(31)26-15-18(2)3)27(16-19-9-7-12-22(13-19)36-4)24(30)17-28(37(5,34)35)20-10-8-11-21(14-20)29(32)33/h7-14,18,23H,6,15-17H2,1-5H3,(H,26,31)/t23-/m0/s1. The van der Waals surface area contributed by atoms with Crippen molar-refractivity contribution in [2.24, 2.45) is 5.92 Å². The fraction of sp³-hybridized carbons (Fsp3) is 0.440. The molecule has 2 amide bonds. The van der Waals surface area contributed by atoms with Gasteiger partial charge < -0.3 is 15.0 Å². The van der Waals surface area contributed by atoms with Gasteiger partial charge in [0.2, 0.25) is 21.8 Å². The largest absolute Gasteiger partial charge is 0.497 e. The molecule has 12 heteroatoms. The molecular weight excluding hydrogens is 500 g/mol. The third-order valence-corrected chi connectivity index (χ3v) is 6.71. The Kier molecular flexibility index (Phi) is 10.4. The maximum absolute atomic E-state index is 13.7. The quantitative estimate of drug-likeness (QED) is 0.308. The van der Waals surface area contributed by atoms with Crippen molar-refractivity contribution in [1.82, 2.24) is 10.2 Å². The van der Waals surface area contributed by atoms with Crippen LogP contribution >= 0.6 is 0 Å². The third-order valence-electron chi connectivity index (χ3n) is 5.57. The van der Waals surface area contributed by atoms with E-state index in [1.807, 2.05) is 13.8 Å². The Bertz CT molecular complexity index is 1220. The van der Waals surface area contributed by atoms with Crippen LogP contribution in [0.3, 0.4) is 0 Å². The molecule has 0 aliphatic rings. The number of nitro groups is 1. The van der Waals surface area contributed by atoms with Crippen LogP contribution in [0.25, 0.3) is 0 Å². The van der Waals surface area contributed by atoms with Crippen molar-refractivity contribution >= 4 is 33.2 Å². The van der Waals surface area contributed by atoms with Crippen LogP contribution < -0.4 is 14.4 Å². The van der Waals surface area contributed by atoms with Crippen molar-refractivity contribution in [3.8, 4) is 5.75 Å². The minimum absolute atomic E-state index is 0.0240. The van der Waals surface area contributed by atoms with Crippen molar-refractivity contribution < 1.29 is 27.7 Å². The zero-order chi connectivity index (χ0) is 27.8. The average Bonchev–Trinajstić information content (AvgIpc) is 2.85. The van der Waals surface area contributed by atoms with Gasteiger partial charge in [-0.2, -0.15) is 0 Å². The average molecular weight is 535 g/mol. The maximum Gasteiger partial charge on any atom is 0.271 e. The molecule has 11 nitrogen and oxygen atoms in total. The summed E-state index contributed by atoms with van der Waals surface area (Å²) in [6.45, 7) is 5.46. The van der Waals surface area contributed by atoms with E-state index in [0.29, 0.717) is 17.9 Å². The smallest absolute Gasteiger partial charge is 0.271 e. The molecule has 0 aliphatic heterocycles. The first-order valence-corrected chi connectivity index (χ1v) is 13.6. The molecule has 2 aromatic rings. The first-order valence-electron chi connectivity index (χ1n) is 11.8. The number of sulfonamides is 1. The molecule has 0 spiro atoms. The van der Waals surface area contributed by atoms with Crippen LogP contribution in [-0.4, -0.2) is 62.6 Å². The lowest BCUT2D eigenvalue weighted by Gasteiger charge is -2.33. The van der Waals surface area contributed by atoms with E-state index in [-0.39, 0.29) is 36.2 Å². The van der Waals surface area contributed by atoms with E-state index in [9.17, 15) is 28.1 Å². The highest BCUT2D eigenvalue weighted by molar-refractivity contribution is 7.92. The Morgan fingerprint density at radius 1 is 1.14 bits per heavy atom. The first-order chi connectivity index (χ1) is 17.4. The van der Waals surface area contributed by atoms with Crippen molar-refractivity contribution in [2.75, 3.05) is 30.8 Å². The lowest BCUT2D eigenvalue weighted by Crippen LogP contribution is -2.52. The highest BCUT2D eigenvalue weighted by atomic mass is 32.2. The van der Waals surface area contributed by atoms with Crippen LogP contribution in [0, 0.1) is 16.0 Å². The van der Waals surface area contributed by atoms with Gasteiger partial charge >= 0.3 is 0 Å². The topological polar surface area (TPSA) is 139 Å². The first kappa shape index (κ1) is 29.6. The van der Waals surface area contributed by atoms with Gasteiger partial charge in [-0.15, -0.1) is 0 Å². The maximum atomic E-state index is 13.7. The summed E-state index contributed by atoms with van der Waals surface area (Å²) in [7, 11) is -2.49. The Hall–Kier alpha value is -3.67. The van der Waals surface area contributed by atoms with Gasteiger partial charge in [0.15, 0.2) is 0 Å². The van der Waals surface area contributed by atoms with Gasteiger partial charge in [0, 0.05) is 25.2 Å². The third kappa shape index (κ3) is 8.45. The van der Waals surface area contributed by atoms with Gasteiger partial charge in [-0.3, -0.25) is 24.0 Å². The summed E-state index contributed by atoms with van der Waals surface area (Å²) in [5.74, 6) is -0.227. The molecule has 0 heterocycles. The highest BCUT2D eigenvalue weighted by Gasteiger charge is 2.32. The molecule has 2 rings (SSSR count). The molecule has 0 bridgehead atoms.